The highest BCUT2D eigenvalue weighted by Crippen LogP contribution is 2.40. The molecule has 2 rings (SSSR count). The van der Waals surface area contributed by atoms with Crippen LogP contribution in [0.4, 0.5) is 4.79 Å². The summed E-state index contributed by atoms with van der Waals surface area (Å²) in [7, 11) is 0. The van der Waals surface area contributed by atoms with Gasteiger partial charge < -0.3 is 9.47 Å². The lowest BCUT2D eigenvalue weighted by Gasteiger charge is -2.32. The molecule has 2 aromatic carbocycles. The average Bonchev–Trinajstić information content (AvgIpc) is 2.92. The van der Waals surface area contributed by atoms with Crippen LogP contribution in [0.5, 0.6) is 0 Å². The van der Waals surface area contributed by atoms with Crippen LogP contribution in [0.2, 0.25) is 0 Å². The zero-order chi connectivity index (χ0) is 28.1. The minimum atomic E-state index is -0.540. The summed E-state index contributed by atoms with van der Waals surface area (Å²) in [6, 6.07) is 16.9. The fraction of sp³-hybridized carbons (Fsp3) is 0.629. The first-order chi connectivity index (χ1) is 18.3. The summed E-state index contributed by atoms with van der Waals surface area (Å²) < 4.78 is 12.7. The highest BCUT2D eigenvalue weighted by molar-refractivity contribution is 5.61. The Morgan fingerprint density at radius 3 is 1.24 bits per heavy atom. The van der Waals surface area contributed by atoms with E-state index < -0.39 is 6.16 Å². The lowest BCUT2D eigenvalue weighted by atomic mass is 9.84. The SMILES string of the molecule is CCCCC(CC)C(OC(=O)OC(c1ccccc1C(C)C)C(CC)CCCC)c1ccccc1C(C)C. The second kappa shape index (κ2) is 16.6. The Kier molecular flexibility index (Phi) is 14.0. The van der Waals surface area contributed by atoms with Crippen LogP contribution in [0.3, 0.4) is 0 Å². The van der Waals surface area contributed by atoms with Crippen molar-refractivity contribution in [3.05, 3.63) is 70.8 Å². The van der Waals surface area contributed by atoms with Crippen LogP contribution in [0.15, 0.2) is 48.5 Å². The number of benzene rings is 2. The smallest absolute Gasteiger partial charge is 0.426 e. The molecule has 0 saturated heterocycles. The quantitative estimate of drug-likeness (QED) is 0.206. The van der Waals surface area contributed by atoms with Crippen molar-refractivity contribution in [1.82, 2.24) is 0 Å². The third-order valence-corrected chi connectivity index (χ3v) is 8.06. The second-order valence-electron chi connectivity index (χ2n) is 11.5. The Labute approximate surface area is 233 Å². The monoisotopic (exact) mass is 522 g/mol. The molecule has 0 heterocycles. The van der Waals surface area contributed by atoms with Crippen molar-refractivity contribution in [3.63, 3.8) is 0 Å². The number of carbonyl (C=O) groups excluding carboxylic acids is 1. The fourth-order valence-electron chi connectivity index (χ4n) is 5.73. The lowest BCUT2D eigenvalue weighted by Crippen LogP contribution is -2.26. The van der Waals surface area contributed by atoms with Gasteiger partial charge in [-0.15, -0.1) is 0 Å². The number of carbonyl (C=O) groups is 1. The van der Waals surface area contributed by atoms with Gasteiger partial charge in [0.05, 0.1) is 0 Å². The number of unbranched alkanes of at least 4 members (excludes halogenated alkanes) is 2. The number of ether oxygens (including phenoxy) is 2. The van der Waals surface area contributed by atoms with E-state index in [2.05, 4.69) is 104 Å². The maximum atomic E-state index is 13.7. The fourth-order valence-corrected chi connectivity index (χ4v) is 5.73. The normalized spacial score (nSPS) is 14.8. The third-order valence-electron chi connectivity index (χ3n) is 8.06. The molecule has 212 valence electrons. The predicted octanol–water partition coefficient (Wildman–Crippen LogP) is 11.3. The van der Waals surface area contributed by atoms with Crippen molar-refractivity contribution in [2.24, 2.45) is 11.8 Å². The topological polar surface area (TPSA) is 35.5 Å². The van der Waals surface area contributed by atoms with Crippen LogP contribution in [-0.4, -0.2) is 6.16 Å². The van der Waals surface area contributed by atoms with Crippen molar-refractivity contribution in [2.45, 2.75) is 131 Å². The largest absolute Gasteiger partial charge is 0.509 e. The molecule has 38 heavy (non-hydrogen) atoms. The molecule has 4 unspecified atom stereocenters. The Morgan fingerprint density at radius 2 is 0.947 bits per heavy atom. The van der Waals surface area contributed by atoms with Gasteiger partial charge in [-0.25, -0.2) is 4.79 Å². The summed E-state index contributed by atoms with van der Waals surface area (Å²) in [5.74, 6) is 1.21. The van der Waals surface area contributed by atoms with Gasteiger partial charge in [-0.1, -0.05) is 130 Å². The first-order valence-corrected chi connectivity index (χ1v) is 15.3. The van der Waals surface area contributed by atoms with Gasteiger partial charge in [0.25, 0.3) is 0 Å². The molecule has 0 aliphatic carbocycles. The molecule has 0 bridgehead atoms. The first-order valence-electron chi connectivity index (χ1n) is 15.3. The van der Waals surface area contributed by atoms with Crippen LogP contribution in [0.25, 0.3) is 0 Å². The Morgan fingerprint density at radius 1 is 0.605 bits per heavy atom. The Bertz CT molecular complexity index is 872. The average molecular weight is 523 g/mol. The summed E-state index contributed by atoms with van der Waals surface area (Å²) in [6.45, 7) is 17.7. The van der Waals surface area contributed by atoms with E-state index in [1.54, 1.807) is 0 Å². The lowest BCUT2D eigenvalue weighted by molar-refractivity contribution is -0.0381. The van der Waals surface area contributed by atoms with Gasteiger partial charge in [0.2, 0.25) is 0 Å². The third kappa shape index (κ3) is 8.89. The summed E-state index contributed by atoms with van der Waals surface area (Å²) in [4.78, 5) is 13.7. The van der Waals surface area contributed by atoms with Gasteiger partial charge in [0.15, 0.2) is 0 Å². The minimum Gasteiger partial charge on any atom is -0.426 e. The molecule has 0 radical (unpaired) electrons. The van der Waals surface area contributed by atoms with Crippen molar-refractivity contribution >= 4 is 6.16 Å². The van der Waals surface area contributed by atoms with Crippen LogP contribution in [0.1, 0.15) is 153 Å². The van der Waals surface area contributed by atoms with Crippen molar-refractivity contribution in [1.29, 1.82) is 0 Å². The first kappa shape index (κ1) is 31.9. The molecule has 0 amide bonds. The zero-order valence-electron chi connectivity index (χ0n) is 25.5. The Hall–Kier alpha value is -2.29. The highest BCUT2D eigenvalue weighted by Gasteiger charge is 2.33. The molecular weight excluding hydrogens is 468 g/mol. The number of hydrogen-bond donors (Lipinski definition) is 0. The van der Waals surface area contributed by atoms with Crippen LogP contribution in [-0.2, 0) is 9.47 Å². The molecule has 3 nitrogen and oxygen atoms in total. The summed E-state index contributed by atoms with van der Waals surface area (Å²) in [5, 5.41) is 0. The molecule has 0 saturated carbocycles. The molecule has 0 aliphatic heterocycles. The molecule has 0 N–H and O–H groups in total. The second-order valence-corrected chi connectivity index (χ2v) is 11.5. The molecule has 4 atom stereocenters. The van der Waals surface area contributed by atoms with Gasteiger partial charge in [-0.2, -0.15) is 0 Å². The minimum absolute atomic E-state index is 0.255. The molecule has 3 heteroatoms. The van der Waals surface area contributed by atoms with Gasteiger partial charge in [-0.3, -0.25) is 0 Å². The van der Waals surface area contributed by atoms with E-state index in [0.29, 0.717) is 11.8 Å². The van der Waals surface area contributed by atoms with Crippen LogP contribution < -0.4 is 0 Å². The maximum Gasteiger partial charge on any atom is 0.509 e. The van der Waals surface area contributed by atoms with E-state index in [1.807, 2.05) is 0 Å². The van der Waals surface area contributed by atoms with Crippen molar-refractivity contribution in [3.8, 4) is 0 Å². The molecular formula is C35H54O3. The van der Waals surface area contributed by atoms with Gasteiger partial charge >= 0.3 is 6.16 Å². The molecule has 0 aromatic heterocycles. The van der Waals surface area contributed by atoms with Gasteiger partial charge in [0.1, 0.15) is 12.2 Å². The van der Waals surface area contributed by atoms with E-state index in [-0.39, 0.29) is 24.0 Å². The summed E-state index contributed by atoms with van der Waals surface area (Å²) in [6.07, 6.45) is 7.32. The zero-order valence-corrected chi connectivity index (χ0v) is 25.5. The number of rotatable bonds is 16. The van der Waals surface area contributed by atoms with Crippen molar-refractivity contribution in [2.75, 3.05) is 0 Å². The summed E-state index contributed by atoms with van der Waals surface area (Å²) in [5.41, 5.74) is 4.74. The predicted molar refractivity (Wildman–Crippen MR) is 161 cm³/mol. The maximum absolute atomic E-state index is 13.7. The highest BCUT2D eigenvalue weighted by atomic mass is 16.7. The van der Waals surface area contributed by atoms with Crippen LogP contribution in [0, 0.1) is 11.8 Å². The summed E-state index contributed by atoms with van der Waals surface area (Å²) >= 11 is 0. The Balaban J connectivity index is 2.46. The van der Waals surface area contributed by atoms with Gasteiger partial charge in [0, 0.05) is 11.8 Å². The number of hydrogen-bond acceptors (Lipinski definition) is 3. The van der Waals surface area contributed by atoms with E-state index >= 15 is 0 Å². The molecule has 2 aromatic rings. The molecule has 0 fully saturated rings. The van der Waals surface area contributed by atoms with Gasteiger partial charge in [-0.05, 0) is 59.8 Å². The molecule has 0 spiro atoms. The van der Waals surface area contributed by atoms with E-state index in [1.165, 1.54) is 11.1 Å². The molecule has 0 aliphatic rings. The van der Waals surface area contributed by atoms with E-state index in [4.69, 9.17) is 9.47 Å². The van der Waals surface area contributed by atoms with Crippen LogP contribution >= 0.6 is 0 Å². The van der Waals surface area contributed by atoms with E-state index in [0.717, 1.165) is 62.5 Å². The van der Waals surface area contributed by atoms with E-state index in [9.17, 15) is 4.79 Å². The van der Waals surface area contributed by atoms with Crippen molar-refractivity contribution < 1.29 is 14.3 Å². The standard InChI is InChI=1S/C35H54O3/c1-9-13-19-27(11-3)33(31-23-17-15-21-29(31)25(5)6)37-35(36)38-34(28(12-4)20-14-10-2)32-24-18-16-22-30(32)26(7)8/h15-18,21-28,33-34H,9-14,19-20H2,1-8H3.